The Labute approximate surface area is 170 Å². The normalized spacial score (nSPS) is 15.6. The van der Waals surface area contributed by atoms with Gasteiger partial charge in [-0.1, -0.05) is 0 Å². The molecule has 7 nitrogen and oxygen atoms in total. The monoisotopic (exact) mass is 421 g/mol. The third-order valence-electron chi connectivity index (χ3n) is 4.68. The van der Waals surface area contributed by atoms with E-state index in [1.807, 2.05) is 12.1 Å². The molecule has 1 atom stereocenters. The summed E-state index contributed by atoms with van der Waals surface area (Å²) in [5.41, 5.74) is 1.81. The Kier molecular flexibility index (Phi) is 6.39. The molecule has 1 amide bonds. The molecular weight excluding hydrogens is 397 g/mol. The number of carbonyl (C=O) groups excluding carboxylic acids is 1. The van der Waals surface area contributed by atoms with Crippen LogP contribution in [0.1, 0.15) is 6.92 Å². The lowest BCUT2D eigenvalue weighted by Gasteiger charge is -2.29. The fourth-order valence-electron chi connectivity index (χ4n) is 3.22. The molecule has 0 saturated carbocycles. The quantitative estimate of drug-likeness (QED) is 0.775. The van der Waals surface area contributed by atoms with E-state index in [9.17, 15) is 17.6 Å². The summed E-state index contributed by atoms with van der Waals surface area (Å²) in [6, 6.07) is 11.3. The van der Waals surface area contributed by atoms with Gasteiger partial charge in [-0.05, 0) is 55.5 Å². The topological polar surface area (TPSA) is 79.0 Å². The highest BCUT2D eigenvalue weighted by Crippen LogP contribution is 2.23. The number of ether oxygens (including phenoxy) is 1. The number of sulfonamides is 1. The summed E-state index contributed by atoms with van der Waals surface area (Å²) >= 11 is 0. The number of hydrogen-bond acceptors (Lipinski definition) is 5. The first kappa shape index (κ1) is 21.1. The first-order valence-electron chi connectivity index (χ1n) is 9.24. The molecular formula is C20H24FN3O4S. The van der Waals surface area contributed by atoms with Gasteiger partial charge in [0.1, 0.15) is 11.9 Å². The fraction of sp³-hybridized carbons (Fsp3) is 0.350. The zero-order chi connectivity index (χ0) is 21.0. The van der Waals surface area contributed by atoms with Gasteiger partial charge in [-0.2, -0.15) is 0 Å². The third kappa shape index (κ3) is 5.24. The Morgan fingerprint density at radius 2 is 1.69 bits per heavy atom. The van der Waals surface area contributed by atoms with Crippen molar-refractivity contribution in [3.63, 3.8) is 0 Å². The van der Waals surface area contributed by atoms with Crippen molar-refractivity contribution in [1.82, 2.24) is 0 Å². The number of hydrogen-bond donors (Lipinski definition) is 1. The van der Waals surface area contributed by atoms with Gasteiger partial charge in [-0.25, -0.2) is 12.8 Å². The molecule has 29 heavy (non-hydrogen) atoms. The number of benzene rings is 2. The molecule has 3 rings (SSSR count). The average Bonchev–Trinajstić information content (AvgIpc) is 2.70. The zero-order valence-corrected chi connectivity index (χ0v) is 17.2. The van der Waals surface area contributed by atoms with Gasteiger partial charge in [0.15, 0.2) is 0 Å². The second kappa shape index (κ2) is 8.79. The maximum Gasteiger partial charge on any atom is 0.247 e. The van der Waals surface area contributed by atoms with Crippen molar-refractivity contribution >= 4 is 33.0 Å². The highest BCUT2D eigenvalue weighted by Gasteiger charge is 2.29. The molecule has 1 aliphatic heterocycles. The van der Waals surface area contributed by atoms with Gasteiger partial charge in [-0.15, -0.1) is 0 Å². The minimum absolute atomic E-state index is 0.221. The molecule has 1 heterocycles. The van der Waals surface area contributed by atoms with E-state index in [2.05, 4.69) is 10.2 Å². The van der Waals surface area contributed by atoms with Gasteiger partial charge < -0.3 is 15.0 Å². The van der Waals surface area contributed by atoms with Gasteiger partial charge in [0.2, 0.25) is 15.9 Å². The van der Waals surface area contributed by atoms with Crippen molar-refractivity contribution in [3.8, 4) is 0 Å². The standard InChI is InChI=1S/C20H24FN3O4S/c1-15(24(29(2,26)27)19-7-3-16(21)4-8-19)20(25)22-17-5-9-18(10-6-17)23-11-13-28-14-12-23/h3-10,15H,11-14H2,1-2H3,(H,22,25)/t15-/m0/s1. The number of rotatable bonds is 6. The van der Waals surface area contributed by atoms with Crippen LogP contribution in [0.15, 0.2) is 48.5 Å². The molecule has 1 saturated heterocycles. The average molecular weight is 421 g/mol. The van der Waals surface area contributed by atoms with Gasteiger partial charge in [-0.3, -0.25) is 9.10 Å². The summed E-state index contributed by atoms with van der Waals surface area (Å²) in [6.45, 7) is 4.47. The van der Waals surface area contributed by atoms with Crippen LogP contribution in [-0.4, -0.2) is 52.9 Å². The molecule has 1 fully saturated rings. The van der Waals surface area contributed by atoms with Crippen LogP contribution < -0.4 is 14.5 Å². The molecule has 2 aromatic carbocycles. The number of nitrogens with zero attached hydrogens (tertiary/aromatic N) is 2. The lowest BCUT2D eigenvalue weighted by Crippen LogP contribution is -2.45. The van der Waals surface area contributed by atoms with Gasteiger partial charge >= 0.3 is 0 Å². The smallest absolute Gasteiger partial charge is 0.247 e. The van der Waals surface area contributed by atoms with E-state index in [0.29, 0.717) is 18.9 Å². The maximum atomic E-state index is 13.2. The van der Waals surface area contributed by atoms with E-state index in [1.165, 1.54) is 19.1 Å². The summed E-state index contributed by atoms with van der Waals surface area (Å²) in [6.07, 6.45) is 1.01. The van der Waals surface area contributed by atoms with E-state index in [1.54, 1.807) is 12.1 Å². The van der Waals surface area contributed by atoms with Crippen LogP contribution in [0, 0.1) is 5.82 Å². The first-order chi connectivity index (χ1) is 13.8. The van der Waals surface area contributed by atoms with Crippen LogP contribution in [0.5, 0.6) is 0 Å². The van der Waals surface area contributed by atoms with Crippen molar-refractivity contribution < 1.29 is 22.3 Å². The Balaban J connectivity index is 1.73. The Morgan fingerprint density at radius 3 is 2.24 bits per heavy atom. The van der Waals surface area contributed by atoms with Gasteiger partial charge in [0.25, 0.3) is 0 Å². The highest BCUT2D eigenvalue weighted by molar-refractivity contribution is 7.92. The molecule has 156 valence electrons. The van der Waals surface area contributed by atoms with Crippen LogP contribution >= 0.6 is 0 Å². The molecule has 2 aromatic rings. The molecule has 1 N–H and O–H groups in total. The number of anilines is 3. The van der Waals surface area contributed by atoms with Crippen molar-refractivity contribution in [2.75, 3.05) is 47.1 Å². The second-order valence-electron chi connectivity index (χ2n) is 6.85. The Hall–Kier alpha value is -2.65. The number of morpholine rings is 1. The lowest BCUT2D eigenvalue weighted by atomic mass is 10.2. The minimum atomic E-state index is -3.76. The van der Waals surface area contributed by atoms with E-state index in [0.717, 1.165) is 41.5 Å². The SMILES string of the molecule is C[C@@H](C(=O)Nc1ccc(N2CCOCC2)cc1)N(c1ccc(F)cc1)S(C)(=O)=O. The van der Waals surface area contributed by atoms with Crippen molar-refractivity contribution in [2.45, 2.75) is 13.0 Å². The van der Waals surface area contributed by atoms with E-state index in [-0.39, 0.29) is 5.69 Å². The van der Waals surface area contributed by atoms with Crippen molar-refractivity contribution in [2.24, 2.45) is 0 Å². The van der Waals surface area contributed by atoms with Crippen LogP contribution in [-0.2, 0) is 19.6 Å². The highest BCUT2D eigenvalue weighted by atomic mass is 32.2. The number of amides is 1. The summed E-state index contributed by atoms with van der Waals surface area (Å²) in [5.74, 6) is -0.974. The number of carbonyl (C=O) groups is 1. The summed E-state index contributed by atoms with van der Waals surface area (Å²) in [4.78, 5) is 14.9. The third-order valence-corrected chi connectivity index (χ3v) is 5.92. The molecule has 0 aromatic heterocycles. The minimum Gasteiger partial charge on any atom is -0.378 e. The van der Waals surface area contributed by atoms with E-state index >= 15 is 0 Å². The first-order valence-corrected chi connectivity index (χ1v) is 11.1. The van der Waals surface area contributed by atoms with Gasteiger partial charge in [0, 0.05) is 24.5 Å². The summed E-state index contributed by atoms with van der Waals surface area (Å²) < 4.78 is 44.1. The second-order valence-corrected chi connectivity index (χ2v) is 8.71. The lowest BCUT2D eigenvalue weighted by molar-refractivity contribution is -0.116. The number of nitrogens with one attached hydrogen (secondary N) is 1. The molecule has 0 radical (unpaired) electrons. The molecule has 0 spiro atoms. The van der Waals surface area contributed by atoms with Crippen LogP contribution in [0.25, 0.3) is 0 Å². The van der Waals surface area contributed by atoms with E-state index in [4.69, 9.17) is 4.74 Å². The largest absolute Gasteiger partial charge is 0.378 e. The zero-order valence-electron chi connectivity index (χ0n) is 16.3. The summed E-state index contributed by atoms with van der Waals surface area (Å²) in [5, 5.41) is 2.74. The van der Waals surface area contributed by atoms with Crippen LogP contribution in [0.4, 0.5) is 21.5 Å². The van der Waals surface area contributed by atoms with Crippen molar-refractivity contribution in [1.29, 1.82) is 0 Å². The molecule has 1 aliphatic rings. The van der Waals surface area contributed by atoms with Crippen molar-refractivity contribution in [3.05, 3.63) is 54.3 Å². The van der Waals surface area contributed by atoms with Gasteiger partial charge in [0.05, 0.1) is 25.2 Å². The van der Waals surface area contributed by atoms with E-state index < -0.39 is 27.8 Å². The Morgan fingerprint density at radius 1 is 1.10 bits per heavy atom. The Bertz CT molecular complexity index is 943. The predicted octanol–water partition coefficient (Wildman–Crippen LogP) is 2.46. The molecule has 9 heteroatoms. The summed E-state index contributed by atoms with van der Waals surface area (Å²) in [7, 11) is -3.76. The fourth-order valence-corrected chi connectivity index (χ4v) is 4.40. The number of halogens is 1. The predicted molar refractivity (Wildman–Crippen MR) is 111 cm³/mol. The molecule has 0 aliphatic carbocycles. The molecule has 0 bridgehead atoms. The molecule has 0 unspecified atom stereocenters. The van der Waals surface area contributed by atoms with Crippen LogP contribution in [0.2, 0.25) is 0 Å². The maximum absolute atomic E-state index is 13.2. The van der Waals surface area contributed by atoms with Crippen LogP contribution in [0.3, 0.4) is 0 Å².